The zero-order valence-corrected chi connectivity index (χ0v) is 13.9. The van der Waals surface area contributed by atoms with Gasteiger partial charge in [-0.1, -0.05) is 0 Å². The number of rotatable bonds is 8. The van der Waals surface area contributed by atoms with E-state index in [1.807, 2.05) is 0 Å². The van der Waals surface area contributed by atoms with Crippen LogP contribution in [0.15, 0.2) is 12.1 Å². The standard InChI is InChI=1S/C11H13AsClN3O6/c13-3-1-12(2-4-17)8-5-7(11(14)18)9(15(19)20)6-10(8)16(21)22/h5-6,17H,1-4H2,(H2,14,18). The van der Waals surface area contributed by atoms with E-state index in [1.54, 1.807) is 0 Å². The summed E-state index contributed by atoms with van der Waals surface area (Å²) in [5.74, 6) is -0.799. The molecule has 1 atom stereocenters. The van der Waals surface area contributed by atoms with Crippen LogP contribution in [0, 0.1) is 20.2 Å². The zero-order valence-electron chi connectivity index (χ0n) is 11.3. The van der Waals surface area contributed by atoms with Gasteiger partial charge in [-0.05, 0) is 0 Å². The number of nitrogens with two attached hydrogens (primary N) is 1. The third kappa shape index (κ3) is 4.16. The number of nitro groups is 2. The van der Waals surface area contributed by atoms with Crippen LogP contribution in [0.3, 0.4) is 0 Å². The molecule has 3 N–H and O–H groups in total. The number of carbonyl (C=O) groups excluding carboxylic acids is 1. The summed E-state index contributed by atoms with van der Waals surface area (Å²) in [5.41, 5.74) is 3.61. The van der Waals surface area contributed by atoms with Crippen molar-refractivity contribution >= 4 is 47.9 Å². The maximum atomic E-state index is 11.4. The average Bonchev–Trinajstić information content (AvgIpc) is 2.45. The topological polar surface area (TPSA) is 150 Å². The van der Waals surface area contributed by atoms with Gasteiger partial charge < -0.3 is 0 Å². The van der Waals surface area contributed by atoms with Gasteiger partial charge in [-0.3, -0.25) is 0 Å². The summed E-state index contributed by atoms with van der Waals surface area (Å²) in [4.78, 5) is 31.9. The third-order valence-electron chi connectivity index (χ3n) is 2.82. The Morgan fingerprint density at radius 3 is 2.23 bits per heavy atom. The minimum atomic E-state index is -2.14. The Balaban J connectivity index is 3.59. The first-order valence-corrected chi connectivity index (χ1v) is 10.1. The molecule has 1 aromatic rings. The van der Waals surface area contributed by atoms with Gasteiger partial charge in [0.15, 0.2) is 0 Å². The molecular weight excluding hydrogens is 381 g/mol. The number of alkyl halides is 1. The Morgan fingerprint density at radius 1 is 1.23 bits per heavy atom. The van der Waals surface area contributed by atoms with Crippen LogP contribution in [0.1, 0.15) is 10.4 Å². The van der Waals surface area contributed by atoms with Gasteiger partial charge in [0.2, 0.25) is 0 Å². The van der Waals surface area contributed by atoms with Crippen LogP contribution in [0.4, 0.5) is 11.4 Å². The van der Waals surface area contributed by atoms with Crippen LogP contribution in [-0.4, -0.2) is 48.0 Å². The van der Waals surface area contributed by atoms with Crippen LogP contribution in [-0.2, 0) is 0 Å². The van der Waals surface area contributed by atoms with Crippen molar-refractivity contribution in [2.24, 2.45) is 5.73 Å². The molecule has 0 aliphatic heterocycles. The van der Waals surface area contributed by atoms with Crippen molar-refractivity contribution in [2.75, 3.05) is 12.5 Å². The van der Waals surface area contributed by atoms with Crippen LogP contribution >= 0.6 is 11.6 Å². The predicted molar refractivity (Wildman–Crippen MR) is 81.1 cm³/mol. The van der Waals surface area contributed by atoms with E-state index < -0.39 is 41.8 Å². The molecule has 9 nitrogen and oxygen atoms in total. The van der Waals surface area contributed by atoms with Gasteiger partial charge in [0.05, 0.1) is 0 Å². The number of aliphatic hydroxyl groups is 1. The normalized spacial score (nSPS) is 11.9. The van der Waals surface area contributed by atoms with E-state index in [2.05, 4.69) is 0 Å². The van der Waals surface area contributed by atoms with E-state index in [9.17, 15) is 25.0 Å². The van der Waals surface area contributed by atoms with Gasteiger partial charge in [-0.15, -0.1) is 0 Å². The summed E-state index contributed by atoms with van der Waals surface area (Å²) >= 11 is 3.54. The Morgan fingerprint density at radius 2 is 1.82 bits per heavy atom. The molecule has 11 heteroatoms. The molecule has 0 saturated carbocycles. The molecule has 22 heavy (non-hydrogen) atoms. The van der Waals surface area contributed by atoms with Crippen LogP contribution < -0.4 is 10.1 Å². The molecule has 0 saturated heterocycles. The SMILES string of the molecule is NC(=O)c1cc([As](CCO)CCCl)c([N+](=O)[O-])cc1[N+](=O)[O-]. The summed E-state index contributed by atoms with van der Waals surface area (Å²) in [7, 11) is 0. The summed E-state index contributed by atoms with van der Waals surface area (Å²) in [5, 5.41) is 32.0. The molecule has 1 amide bonds. The maximum absolute atomic E-state index is 11.4. The van der Waals surface area contributed by atoms with Gasteiger partial charge >= 0.3 is 134 Å². The number of amides is 1. The van der Waals surface area contributed by atoms with E-state index in [4.69, 9.17) is 22.4 Å². The molecule has 0 fully saturated rings. The van der Waals surface area contributed by atoms with Gasteiger partial charge in [-0.2, -0.15) is 0 Å². The number of aliphatic hydroxyl groups excluding tert-OH is 1. The Kier molecular flexibility index (Phi) is 6.73. The summed E-state index contributed by atoms with van der Waals surface area (Å²) < 4.78 is 0.242. The second kappa shape index (κ2) is 8.07. The number of primary amides is 1. The third-order valence-corrected chi connectivity index (χ3v) is 8.92. The average molecular weight is 394 g/mol. The molecule has 1 rings (SSSR count). The monoisotopic (exact) mass is 393 g/mol. The predicted octanol–water partition coefficient (Wildman–Crippen LogP) is 0.535. The van der Waals surface area contributed by atoms with E-state index in [0.717, 1.165) is 12.1 Å². The van der Waals surface area contributed by atoms with Crippen LogP contribution in [0.2, 0.25) is 10.4 Å². The van der Waals surface area contributed by atoms with Crippen LogP contribution in [0.25, 0.3) is 0 Å². The first-order chi connectivity index (χ1) is 10.3. The molecule has 1 aromatic carbocycles. The minimum absolute atomic E-state index is 0.184. The molecule has 0 aliphatic rings. The number of halogens is 1. The van der Waals surface area contributed by atoms with E-state index in [0.29, 0.717) is 10.4 Å². The molecule has 0 bridgehead atoms. The fourth-order valence-electron chi connectivity index (χ4n) is 1.89. The molecule has 120 valence electrons. The fraction of sp³-hybridized carbons (Fsp3) is 0.364. The van der Waals surface area contributed by atoms with E-state index in [-0.39, 0.29) is 22.4 Å². The molecule has 0 aliphatic carbocycles. The summed E-state index contributed by atoms with van der Waals surface area (Å²) in [6, 6.07) is 1.86. The van der Waals surface area contributed by atoms with Crippen molar-refractivity contribution in [2.45, 2.75) is 10.4 Å². The van der Waals surface area contributed by atoms with Gasteiger partial charge in [0, 0.05) is 0 Å². The molecule has 0 radical (unpaired) electrons. The van der Waals surface area contributed by atoms with Crippen molar-refractivity contribution < 1.29 is 19.7 Å². The van der Waals surface area contributed by atoms with Gasteiger partial charge in [0.1, 0.15) is 0 Å². The first-order valence-electron chi connectivity index (χ1n) is 6.01. The van der Waals surface area contributed by atoms with Crippen LogP contribution in [0.5, 0.6) is 0 Å². The number of nitrogens with zero attached hydrogens (tertiary/aromatic N) is 2. The van der Waals surface area contributed by atoms with Gasteiger partial charge in [0.25, 0.3) is 0 Å². The van der Waals surface area contributed by atoms with Crippen molar-refractivity contribution in [3.63, 3.8) is 0 Å². The molecule has 0 heterocycles. The van der Waals surface area contributed by atoms with E-state index >= 15 is 0 Å². The Bertz CT molecular complexity index is 606. The second-order valence-corrected chi connectivity index (χ2v) is 9.67. The van der Waals surface area contributed by atoms with Crippen molar-refractivity contribution in [3.05, 3.63) is 37.9 Å². The number of nitro benzene ring substituents is 2. The number of hydrogen-bond donors (Lipinski definition) is 2. The van der Waals surface area contributed by atoms with E-state index in [1.165, 1.54) is 0 Å². The number of carbonyl (C=O) groups is 1. The number of hydrogen-bond acceptors (Lipinski definition) is 6. The molecule has 0 spiro atoms. The zero-order chi connectivity index (χ0) is 16.9. The van der Waals surface area contributed by atoms with Crippen molar-refractivity contribution in [1.82, 2.24) is 0 Å². The fourth-order valence-corrected chi connectivity index (χ4v) is 7.00. The molecule has 1 unspecified atom stereocenters. The van der Waals surface area contributed by atoms with Gasteiger partial charge in [-0.25, -0.2) is 0 Å². The molecule has 0 aromatic heterocycles. The van der Waals surface area contributed by atoms with Crippen molar-refractivity contribution in [3.8, 4) is 0 Å². The Hall–Kier alpha value is -1.70. The van der Waals surface area contributed by atoms with Crippen molar-refractivity contribution in [1.29, 1.82) is 0 Å². The summed E-state index contributed by atoms with van der Waals surface area (Å²) in [6.07, 6.45) is 0. The quantitative estimate of drug-likeness (QED) is 0.285. The molecular formula is C11H13AsClN3O6. The summed E-state index contributed by atoms with van der Waals surface area (Å²) in [6.45, 7) is -0.184. The number of benzene rings is 1. The second-order valence-electron chi connectivity index (χ2n) is 4.14. The Labute approximate surface area is 134 Å². The first kappa shape index (κ1) is 18.3.